The minimum atomic E-state index is 0.177. The van der Waals surface area contributed by atoms with Crippen LogP contribution in [0, 0.1) is 20.8 Å². The summed E-state index contributed by atoms with van der Waals surface area (Å²) in [7, 11) is 0. The number of ketones is 1. The van der Waals surface area contributed by atoms with Crippen LogP contribution in [-0.4, -0.2) is 12.4 Å². The largest absolute Gasteiger partial charge is 0.493 e. The van der Waals surface area contributed by atoms with Gasteiger partial charge >= 0.3 is 0 Å². The standard InChI is InChI=1S/C19H22O2/c1-14-12-15(2)16(3)19(13-14)21-11-7-10-18(20)17-8-5-4-6-9-17/h4-6,8-9,12-13H,7,10-11H2,1-3H3. The Morgan fingerprint density at radius 3 is 2.48 bits per heavy atom. The minimum absolute atomic E-state index is 0.177. The van der Waals surface area contributed by atoms with Crippen LogP contribution < -0.4 is 4.74 Å². The van der Waals surface area contributed by atoms with Crippen molar-refractivity contribution in [3.63, 3.8) is 0 Å². The predicted molar refractivity (Wildman–Crippen MR) is 86.2 cm³/mol. The van der Waals surface area contributed by atoms with Crippen molar-refractivity contribution in [1.82, 2.24) is 0 Å². The highest BCUT2D eigenvalue weighted by molar-refractivity contribution is 5.95. The number of carbonyl (C=O) groups excluding carboxylic acids is 1. The monoisotopic (exact) mass is 282 g/mol. The van der Waals surface area contributed by atoms with Gasteiger partial charge in [0, 0.05) is 12.0 Å². The molecule has 2 nitrogen and oxygen atoms in total. The minimum Gasteiger partial charge on any atom is -0.493 e. The molecule has 110 valence electrons. The summed E-state index contributed by atoms with van der Waals surface area (Å²) in [4.78, 5) is 12.0. The zero-order chi connectivity index (χ0) is 15.2. The number of rotatable bonds is 6. The molecule has 0 aliphatic carbocycles. The first-order valence-electron chi connectivity index (χ1n) is 7.37. The van der Waals surface area contributed by atoms with Crippen LogP contribution in [0.1, 0.15) is 39.9 Å². The van der Waals surface area contributed by atoms with Gasteiger partial charge in [-0.3, -0.25) is 4.79 Å². The second kappa shape index (κ2) is 7.07. The maximum Gasteiger partial charge on any atom is 0.163 e. The van der Waals surface area contributed by atoms with E-state index < -0.39 is 0 Å². The maximum absolute atomic E-state index is 12.0. The summed E-state index contributed by atoms with van der Waals surface area (Å²) in [6, 6.07) is 13.6. The topological polar surface area (TPSA) is 26.3 Å². The lowest BCUT2D eigenvalue weighted by atomic mass is 10.1. The van der Waals surface area contributed by atoms with E-state index in [1.807, 2.05) is 30.3 Å². The second-order valence-corrected chi connectivity index (χ2v) is 5.45. The maximum atomic E-state index is 12.0. The molecule has 0 fully saturated rings. The van der Waals surface area contributed by atoms with E-state index >= 15 is 0 Å². The number of ether oxygens (including phenoxy) is 1. The van der Waals surface area contributed by atoms with Crippen molar-refractivity contribution < 1.29 is 9.53 Å². The van der Waals surface area contributed by atoms with Crippen LogP contribution in [0.3, 0.4) is 0 Å². The first-order chi connectivity index (χ1) is 10.1. The van der Waals surface area contributed by atoms with Gasteiger partial charge in [-0.05, 0) is 49.9 Å². The Morgan fingerprint density at radius 1 is 1.05 bits per heavy atom. The van der Waals surface area contributed by atoms with E-state index in [4.69, 9.17) is 4.74 Å². The number of Topliss-reactive ketones (excluding diaryl/α,β-unsaturated/α-hetero) is 1. The molecule has 0 saturated heterocycles. The lowest BCUT2D eigenvalue weighted by molar-refractivity contribution is 0.0973. The van der Waals surface area contributed by atoms with E-state index in [9.17, 15) is 4.79 Å². The lowest BCUT2D eigenvalue weighted by Gasteiger charge is -2.12. The summed E-state index contributed by atoms with van der Waals surface area (Å²) in [6.07, 6.45) is 1.26. The molecule has 0 radical (unpaired) electrons. The molecule has 0 aromatic heterocycles. The van der Waals surface area contributed by atoms with Gasteiger partial charge in [-0.2, -0.15) is 0 Å². The molecular formula is C19H22O2. The average Bonchev–Trinajstić information content (AvgIpc) is 2.49. The Labute approximate surface area is 126 Å². The molecule has 2 aromatic carbocycles. The zero-order valence-electron chi connectivity index (χ0n) is 13.0. The highest BCUT2D eigenvalue weighted by atomic mass is 16.5. The van der Waals surface area contributed by atoms with E-state index in [0.717, 1.165) is 17.7 Å². The normalized spacial score (nSPS) is 10.4. The smallest absolute Gasteiger partial charge is 0.163 e. The molecular weight excluding hydrogens is 260 g/mol. The molecule has 0 N–H and O–H groups in total. The molecule has 2 aromatic rings. The third kappa shape index (κ3) is 4.19. The molecule has 0 atom stereocenters. The first-order valence-corrected chi connectivity index (χ1v) is 7.37. The SMILES string of the molecule is Cc1cc(C)c(C)c(OCCCC(=O)c2ccccc2)c1. The summed E-state index contributed by atoms with van der Waals surface area (Å²) < 4.78 is 5.83. The molecule has 0 aliphatic rings. The highest BCUT2D eigenvalue weighted by Crippen LogP contribution is 2.23. The molecule has 2 heteroatoms. The third-order valence-electron chi connectivity index (χ3n) is 3.67. The summed E-state index contributed by atoms with van der Waals surface area (Å²) in [5, 5.41) is 0. The Kier molecular flexibility index (Phi) is 5.15. The van der Waals surface area contributed by atoms with Crippen LogP contribution in [0.15, 0.2) is 42.5 Å². The van der Waals surface area contributed by atoms with Crippen LogP contribution in [0.5, 0.6) is 5.75 Å². The Balaban J connectivity index is 1.84. The molecule has 0 bridgehead atoms. The van der Waals surface area contributed by atoms with Crippen LogP contribution in [0.2, 0.25) is 0 Å². The van der Waals surface area contributed by atoms with Crippen molar-refractivity contribution >= 4 is 5.78 Å². The number of hydrogen-bond acceptors (Lipinski definition) is 2. The summed E-state index contributed by atoms with van der Waals surface area (Å²) in [5.74, 6) is 1.11. The molecule has 21 heavy (non-hydrogen) atoms. The summed E-state index contributed by atoms with van der Waals surface area (Å²) in [5.41, 5.74) is 4.40. The number of carbonyl (C=O) groups is 1. The second-order valence-electron chi connectivity index (χ2n) is 5.45. The number of benzene rings is 2. The summed E-state index contributed by atoms with van der Waals surface area (Å²) in [6.45, 7) is 6.80. The van der Waals surface area contributed by atoms with Crippen molar-refractivity contribution in [2.75, 3.05) is 6.61 Å². The van der Waals surface area contributed by atoms with Gasteiger partial charge in [0.1, 0.15) is 5.75 Å². The van der Waals surface area contributed by atoms with E-state index in [1.165, 1.54) is 16.7 Å². The van der Waals surface area contributed by atoms with Gasteiger partial charge in [0.15, 0.2) is 5.78 Å². The van der Waals surface area contributed by atoms with E-state index in [0.29, 0.717) is 13.0 Å². The van der Waals surface area contributed by atoms with Crippen LogP contribution in [0.4, 0.5) is 0 Å². The molecule has 0 amide bonds. The van der Waals surface area contributed by atoms with Crippen LogP contribution >= 0.6 is 0 Å². The van der Waals surface area contributed by atoms with Gasteiger partial charge in [0.05, 0.1) is 6.61 Å². The fourth-order valence-electron chi connectivity index (χ4n) is 2.33. The van der Waals surface area contributed by atoms with Crippen molar-refractivity contribution in [1.29, 1.82) is 0 Å². The fraction of sp³-hybridized carbons (Fsp3) is 0.316. The van der Waals surface area contributed by atoms with Crippen molar-refractivity contribution in [2.24, 2.45) is 0 Å². The fourth-order valence-corrected chi connectivity index (χ4v) is 2.33. The molecule has 0 heterocycles. The lowest BCUT2D eigenvalue weighted by Crippen LogP contribution is -2.05. The summed E-state index contributed by atoms with van der Waals surface area (Å²) >= 11 is 0. The highest BCUT2D eigenvalue weighted by Gasteiger charge is 2.06. The third-order valence-corrected chi connectivity index (χ3v) is 3.67. The Morgan fingerprint density at radius 2 is 1.76 bits per heavy atom. The van der Waals surface area contributed by atoms with Crippen molar-refractivity contribution in [3.8, 4) is 5.75 Å². The van der Waals surface area contributed by atoms with Gasteiger partial charge in [-0.1, -0.05) is 36.4 Å². The van der Waals surface area contributed by atoms with Crippen LogP contribution in [0.25, 0.3) is 0 Å². The van der Waals surface area contributed by atoms with Crippen molar-refractivity contribution in [2.45, 2.75) is 33.6 Å². The Hall–Kier alpha value is -2.09. The van der Waals surface area contributed by atoms with Gasteiger partial charge in [0.25, 0.3) is 0 Å². The van der Waals surface area contributed by atoms with E-state index in [2.05, 4.69) is 32.9 Å². The van der Waals surface area contributed by atoms with Gasteiger partial charge in [-0.25, -0.2) is 0 Å². The van der Waals surface area contributed by atoms with E-state index in [-0.39, 0.29) is 5.78 Å². The van der Waals surface area contributed by atoms with E-state index in [1.54, 1.807) is 0 Å². The average molecular weight is 282 g/mol. The molecule has 0 saturated carbocycles. The van der Waals surface area contributed by atoms with Crippen molar-refractivity contribution in [3.05, 3.63) is 64.7 Å². The Bertz CT molecular complexity index is 615. The molecule has 2 rings (SSSR count). The van der Waals surface area contributed by atoms with Gasteiger partial charge in [0.2, 0.25) is 0 Å². The number of hydrogen-bond donors (Lipinski definition) is 0. The van der Waals surface area contributed by atoms with Crippen LogP contribution in [-0.2, 0) is 0 Å². The number of aryl methyl sites for hydroxylation is 2. The molecule has 0 unspecified atom stereocenters. The molecule has 0 aliphatic heterocycles. The quantitative estimate of drug-likeness (QED) is 0.569. The van der Waals surface area contributed by atoms with Gasteiger partial charge in [-0.15, -0.1) is 0 Å². The molecule has 0 spiro atoms. The predicted octanol–water partition coefficient (Wildman–Crippen LogP) is 4.65. The van der Waals surface area contributed by atoms with Gasteiger partial charge < -0.3 is 4.74 Å². The first kappa shape index (κ1) is 15.3. The zero-order valence-corrected chi connectivity index (χ0v) is 13.0.